The van der Waals surface area contributed by atoms with Crippen LogP contribution in [0.1, 0.15) is 8.35 Å². The maximum Gasteiger partial charge on any atom is 1.00 e. The van der Waals surface area contributed by atoms with E-state index >= 15 is 0 Å². The molecule has 1 rings (SSSR count). The Bertz CT molecular complexity index is 276. The lowest BCUT2D eigenvalue weighted by Gasteiger charge is -2.24. The summed E-state index contributed by atoms with van der Waals surface area (Å²) in [4.78, 5) is 11.3. The van der Waals surface area contributed by atoms with Crippen molar-refractivity contribution < 1.29 is 11.0 Å². The third-order valence-electron chi connectivity index (χ3n) is 1.46. The number of amides is 1. The Morgan fingerprint density at radius 2 is 2.00 bits per heavy atom. The van der Waals surface area contributed by atoms with Gasteiger partial charge in [0.2, 0.25) is 0 Å². The van der Waals surface area contributed by atoms with E-state index < -0.39 is 6.09 Å². The predicted octanol–water partition coefficient (Wildman–Crippen LogP) is 2.22. The average molecular weight is 213 g/mol. The van der Waals surface area contributed by atoms with Crippen LogP contribution < -0.4 is 0 Å². The Hall–Kier alpha value is -1.36. The molecule has 0 saturated heterocycles. The molecule has 0 bridgehead atoms. The molecule has 0 saturated carbocycles. The Morgan fingerprint density at radius 3 is 2.50 bits per heavy atom. The van der Waals surface area contributed by atoms with Crippen LogP contribution in [0.4, 0.5) is 4.79 Å². The van der Waals surface area contributed by atoms with Gasteiger partial charge in [0.15, 0.2) is 0 Å². The number of thiol groups is 1. The molecule has 1 heterocycles. The summed E-state index contributed by atoms with van der Waals surface area (Å²) in [5, 5.41) is 1.51. The zero-order chi connectivity index (χ0) is 10.4. The highest BCUT2D eigenvalue weighted by Gasteiger charge is 2.14. The van der Waals surface area contributed by atoms with Crippen LogP contribution in [0.5, 0.6) is 0 Å². The summed E-state index contributed by atoms with van der Waals surface area (Å²) in [6, 6.07) is 0. The van der Waals surface area contributed by atoms with E-state index in [0.717, 1.165) is 4.41 Å². The van der Waals surface area contributed by atoms with Gasteiger partial charge in [-0.15, -0.1) is 0 Å². The van der Waals surface area contributed by atoms with E-state index in [2.05, 4.69) is 12.8 Å². The van der Waals surface area contributed by atoms with E-state index in [4.69, 9.17) is 4.74 Å². The first kappa shape index (κ1) is 10.7. The van der Waals surface area contributed by atoms with E-state index in [0.29, 0.717) is 6.61 Å². The number of hydrazine groups is 1. The number of hydrogen-bond acceptors (Lipinski definition) is 4. The maximum atomic E-state index is 11.3. The van der Waals surface area contributed by atoms with Gasteiger partial charge in [-0.05, 0) is 31.9 Å². The normalized spacial score (nSPS) is 14.0. The van der Waals surface area contributed by atoms with Crippen molar-refractivity contribution in [2.24, 2.45) is 0 Å². The molecule has 1 aliphatic heterocycles. The first-order valence-electron chi connectivity index (χ1n) is 4.21. The molecule has 0 aromatic rings. The Kier molecular flexibility index (Phi) is 4.12. The highest BCUT2D eigenvalue weighted by atomic mass is 32.1. The molecular formula is C9H13N2O2S+. The quantitative estimate of drug-likeness (QED) is 0.714. The fourth-order valence-electron chi connectivity index (χ4n) is 0.856. The predicted molar refractivity (Wildman–Crippen MR) is 58.2 cm³/mol. The molecule has 1 amide bonds. The molecule has 0 atom stereocenters. The van der Waals surface area contributed by atoms with Crippen molar-refractivity contribution in [3.63, 3.8) is 0 Å². The zero-order valence-corrected chi connectivity index (χ0v) is 8.72. The van der Waals surface area contributed by atoms with Crippen LogP contribution in [0.15, 0.2) is 36.7 Å². The first-order chi connectivity index (χ1) is 6.75. The molecule has 0 aliphatic carbocycles. The summed E-state index contributed by atoms with van der Waals surface area (Å²) in [7, 11) is 0. The molecule has 0 fully saturated rings. The van der Waals surface area contributed by atoms with Gasteiger partial charge in [-0.3, -0.25) is 5.01 Å². The van der Waals surface area contributed by atoms with Crippen LogP contribution in [0.25, 0.3) is 0 Å². The van der Waals surface area contributed by atoms with Crippen molar-refractivity contribution in [1.82, 2.24) is 9.42 Å². The van der Waals surface area contributed by atoms with Gasteiger partial charge in [0.25, 0.3) is 0 Å². The second-order valence-corrected chi connectivity index (χ2v) is 2.82. The molecule has 1 aliphatic rings. The molecule has 14 heavy (non-hydrogen) atoms. The van der Waals surface area contributed by atoms with Crippen LogP contribution >= 0.6 is 12.8 Å². The third-order valence-corrected chi connectivity index (χ3v) is 1.83. The average Bonchev–Trinajstić information content (AvgIpc) is 2.45. The lowest BCUT2D eigenvalue weighted by molar-refractivity contribution is 0.0959. The van der Waals surface area contributed by atoms with Crippen LogP contribution in [0.3, 0.4) is 0 Å². The minimum absolute atomic E-state index is 0. The van der Waals surface area contributed by atoms with Gasteiger partial charge in [-0.1, -0.05) is 12.2 Å². The van der Waals surface area contributed by atoms with Gasteiger partial charge in [0, 0.05) is 12.4 Å². The van der Waals surface area contributed by atoms with E-state index in [9.17, 15) is 4.79 Å². The Labute approximate surface area is 90.1 Å². The molecule has 0 N–H and O–H groups in total. The number of allylic oxidation sites excluding steroid dienone is 4. The fourth-order valence-corrected chi connectivity index (χ4v) is 1.03. The van der Waals surface area contributed by atoms with Crippen LogP contribution in [0, 0.1) is 0 Å². The minimum Gasteiger partial charge on any atom is -0.448 e. The molecule has 5 heteroatoms. The number of carbonyl (C=O) groups is 1. The molecule has 4 nitrogen and oxygen atoms in total. The zero-order valence-electron chi connectivity index (χ0n) is 8.83. The minimum atomic E-state index is -0.507. The number of nitrogens with zero attached hydrogens (tertiary/aromatic N) is 2. The SMILES string of the molecule is CCOC(=O)N(S)N1C=CC=CC=C1.[H+]. The molecule has 0 spiro atoms. The van der Waals surface area contributed by atoms with Gasteiger partial charge in [0.1, 0.15) is 0 Å². The highest BCUT2D eigenvalue weighted by Crippen LogP contribution is 2.08. The third kappa shape index (κ3) is 2.85. The molecule has 0 radical (unpaired) electrons. The summed E-state index contributed by atoms with van der Waals surface area (Å²) < 4.78 is 5.87. The summed E-state index contributed by atoms with van der Waals surface area (Å²) in [5.74, 6) is 0. The van der Waals surface area contributed by atoms with Gasteiger partial charge in [0.05, 0.1) is 6.61 Å². The summed E-state index contributed by atoms with van der Waals surface area (Å²) in [5.41, 5.74) is 0. The Balaban J connectivity index is 0.00000196. The van der Waals surface area contributed by atoms with E-state index in [1.165, 1.54) is 5.01 Å². The van der Waals surface area contributed by atoms with Crippen LogP contribution in [-0.4, -0.2) is 22.1 Å². The van der Waals surface area contributed by atoms with Crippen molar-refractivity contribution in [1.29, 1.82) is 0 Å². The number of carbonyl (C=O) groups excluding carboxylic acids is 1. The van der Waals surface area contributed by atoms with Crippen molar-refractivity contribution in [3.05, 3.63) is 36.7 Å². The molecule has 0 unspecified atom stereocenters. The van der Waals surface area contributed by atoms with Crippen molar-refractivity contribution >= 4 is 18.9 Å². The standard InChI is InChI=1S/C9H12N2O2S/c1-2-13-9(12)11(14)10-7-5-3-4-6-8-10/h3-8,14H,2H2,1H3/p+1. The number of rotatable bonds is 2. The second kappa shape index (κ2) is 5.39. The van der Waals surface area contributed by atoms with Crippen molar-refractivity contribution in [2.75, 3.05) is 6.61 Å². The number of ether oxygens (including phenoxy) is 1. The largest absolute Gasteiger partial charge is 1.00 e. The smallest absolute Gasteiger partial charge is 0.448 e. The highest BCUT2D eigenvalue weighted by molar-refractivity contribution is 7.78. The van der Waals surface area contributed by atoms with E-state index in [-0.39, 0.29) is 1.43 Å². The van der Waals surface area contributed by atoms with Crippen molar-refractivity contribution in [3.8, 4) is 0 Å². The molecular weight excluding hydrogens is 200 g/mol. The monoisotopic (exact) mass is 213 g/mol. The lowest BCUT2D eigenvalue weighted by atomic mass is 10.5. The lowest BCUT2D eigenvalue weighted by Crippen LogP contribution is -2.33. The van der Waals surface area contributed by atoms with Gasteiger partial charge < -0.3 is 4.74 Å². The second-order valence-electron chi connectivity index (χ2n) is 2.44. The summed E-state index contributed by atoms with van der Waals surface area (Å²) in [6.45, 7) is 2.07. The Morgan fingerprint density at radius 1 is 1.43 bits per heavy atom. The van der Waals surface area contributed by atoms with Crippen molar-refractivity contribution in [2.45, 2.75) is 6.92 Å². The van der Waals surface area contributed by atoms with E-state index in [1.54, 1.807) is 31.5 Å². The van der Waals surface area contributed by atoms with Crippen LogP contribution in [-0.2, 0) is 4.74 Å². The molecule has 76 valence electrons. The molecule has 0 aromatic heterocycles. The molecule has 0 aromatic carbocycles. The van der Waals surface area contributed by atoms with Gasteiger partial charge in [-0.2, -0.15) is 4.41 Å². The first-order valence-corrected chi connectivity index (χ1v) is 4.61. The topological polar surface area (TPSA) is 32.8 Å². The summed E-state index contributed by atoms with van der Waals surface area (Å²) in [6.07, 6.45) is 10.2. The maximum absolute atomic E-state index is 11.3. The van der Waals surface area contributed by atoms with Gasteiger partial charge in [-0.25, -0.2) is 4.79 Å². The van der Waals surface area contributed by atoms with E-state index in [1.807, 2.05) is 12.2 Å². The summed E-state index contributed by atoms with van der Waals surface area (Å²) >= 11 is 4.00. The van der Waals surface area contributed by atoms with Crippen LogP contribution in [0.2, 0.25) is 0 Å². The van der Waals surface area contributed by atoms with Gasteiger partial charge >= 0.3 is 7.52 Å². The fraction of sp³-hybridized carbons (Fsp3) is 0.222. The number of hydrogen-bond donors (Lipinski definition) is 1.